The molecule has 6 rings (SSSR count). The van der Waals surface area contributed by atoms with E-state index in [1.807, 2.05) is 21.9 Å². The fraction of sp³-hybridized carbons (Fsp3) is 0.629. The molecule has 2 aromatic rings. The molecule has 0 spiro atoms. The van der Waals surface area contributed by atoms with E-state index in [4.69, 9.17) is 9.47 Å². The lowest BCUT2D eigenvalue weighted by Crippen LogP contribution is -2.50. The van der Waals surface area contributed by atoms with Gasteiger partial charge in [0, 0.05) is 63.2 Å². The molecular weight excluding hydrogens is 543 g/mol. The first-order valence-electron chi connectivity index (χ1n) is 16.4. The number of morpholine rings is 1. The minimum absolute atomic E-state index is 0.0870. The van der Waals surface area contributed by atoms with Gasteiger partial charge in [-0.2, -0.15) is 0 Å². The van der Waals surface area contributed by atoms with Crippen LogP contribution in [0.4, 0.5) is 20.6 Å². The number of nitrogens with zero attached hydrogens (tertiary/aromatic N) is 3. The second kappa shape index (κ2) is 13.1. The largest absolute Gasteiger partial charge is 0.381 e. The molecule has 0 aromatic heterocycles. The van der Waals surface area contributed by atoms with E-state index in [0.717, 1.165) is 32.2 Å². The number of urea groups is 1. The number of benzene rings is 2. The van der Waals surface area contributed by atoms with E-state index in [-0.39, 0.29) is 23.3 Å². The molecule has 2 bridgehead atoms. The highest BCUT2D eigenvalue weighted by Gasteiger charge is 2.41. The summed E-state index contributed by atoms with van der Waals surface area (Å²) in [4.78, 5) is 20.3. The maximum absolute atomic E-state index is 15.5. The van der Waals surface area contributed by atoms with Crippen LogP contribution in [-0.4, -0.2) is 75.1 Å². The topological polar surface area (TPSA) is 57.3 Å². The van der Waals surface area contributed by atoms with E-state index in [0.29, 0.717) is 75.4 Å². The molecule has 4 aliphatic heterocycles. The van der Waals surface area contributed by atoms with Gasteiger partial charge < -0.3 is 19.7 Å². The van der Waals surface area contributed by atoms with Crippen LogP contribution in [0.2, 0.25) is 0 Å². The van der Waals surface area contributed by atoms with Gasteiger partial charge in [0.2, 0.25) is 0 Å². The Hall–Kier alpha value is -2.68. The number of carbonyl (C=O) groups excluding carboxylic acids is 1. The Morgan fingerprint density at radius 1 is 0.930 bits per heavy atom. The fourth-order valence-electron chi connectivity index (χ4n) is 7.50. The lowest BCUT2D eigenvalue weighted by Gasteiger charge is -2.41. The van der Waals surface area contributed by atoms with Crippen LogP contribution in [0.15, 0.2) is 42.5 Å². The summed E-state index contributed by atoms with van der Waals surface area (Å²) >= 11 is 0. The molecule has 2 amide bonds. The highest BCUT2D eigenvalue weighted by molar-refractivity contribution is 5.92. The molecule has 4 heterocycles. The van der Waals surface area contributed by atoms with Gasteiger partial charge in [-0.1, -0.05) is 45.0 Å². The van der Waals surface area contributed by atoms with Crippen LogP contribution in [0.1, 0.15) is 70.4 Å². The fourth-order valence-corrected chi connectivity index (χ4v) is 7.50. The molecular formula is C35H49FN4O3. The van der Waals surface area contributed by atoms with Crippen LogP contribution in [0.25, 0.3) is 0 Å². The number of fused-ring (bicyclic) bond motifs is 2. The molecule has 2 atom stereocenters. The summed E-state index contributed by atoms with van der Waals surface area (Å²) < 4.78 is 26.5. The van der Waals surface area contributed by atoms with Crippen molar-refractivity contribution in [1.82, 2.24) is 10.2 Å². The first-order chi connectivity index (χ1) is 20.7. The SMILES string of the molecule is CC(C)(C)c1ccc(CN2C3CCC2CC(CN(C(=O)NC2CCOCC2)c2ccc(N4CCOCC4)c(F)c2)C3)cc1. The van der Waals surface area contributed by atoms with Crippen LogP contribution >= 0.6 is 0 Å². The van der Waals surface area contributed by atoms with Gasteiger partial charge in [-0.15, -0.1) is 0 Å². The molecule has 2 unspecified atom stereocenters. The molecule has 43 heavy (non-hydrogen) atoms. The lowest BCUT2D eigenvalue weighted by atomic mass is 9.86. The van der Waals surface area contributed by atoms with Gasteiger partial charge in [0.05, 0.1) is 18.9 Å². The van der Waals surface area contributed by atoms with Crippen molar-refractivity contribution in [3.05, 3.63) is 59.4 Å². The smallest absolute Gasteiger partial charge is 0.322 e. The third-order valence-corrected chi connectivity index (χ3v) is 10.00. The van der Waals surface area contributed by atoms with E-state index < -0.39 is 0 Å². The Labute approximate surface area is 256 Å². The number of amides is 2. The average molecular weight is 593 g/mol. The van der Waals surface area contributed by atoms with Crippen LogP contribution in [0, 0.1) is 11.7 Å². The number of ether oxygens (including phenoxy) is 2. The van der Waals surface area contributed by atoms with Gasteiger partial charge in [-0.25, -0.2) is 9.18 Å². The third-order valence-electron chi connectivity index (χ3n) is 10.00. The molecule has 7 nitrogen and oxygen atoms in total. The zero-order valence-corrected chi connectivity index (χ0v) is 26.2. The zero-order chi connectivity index (χ0) is 30.0. The number of hydrogen-bond donors (Lipinski definition) is 1. The van der Waals surface area contributed by atoms with Gasteiger partial charge in [0.15, 0.2) is 0 Å². The number of anilines is 2. The maximum Gasteiger partial charge on any atom is 0.322 e. The van der Waals surface area contributed by atoms with E-state index in [2.05, 4.69) is 55.3 Å². The zero-order valence-electron chi connectivity index (χ0n) is 26.2. The van der Waals surface area contributed by atoms with E-state index in [9.17, 15) is 4.79 Å². The van der Waals surface area contributed by atoms with Crippen LogP contribution in [0.5, 0.6) is 0 Å². The van der Waals surface area contributed by atoms with Crippen LogP contribution in [-0.2, 0) is 21.4 Å². The van der Waals surface area contributed by atoms with Crippen molar-refractivity contribution in [2.45, 2.75) is 89.4 Å². The third kappa shape index (κ3) is 7.18. The molecule has 0 radical (unpaired) electrons. The monoisotopic (exact) mass is 592 g/mol. The van der Waals surface area contributed by atoms with Crippen molar-refractivity contribution < 1.29 is 18.7 Å². The molecule has 234 valence electrons. The molecule has 2 aromatic carbocycles. The summed E-state index contributed by atoms with van der Waals surface area (Å²) in [6.07, 6.45) is 6.15. The molecule has 1 N–H and O–H groups in total. The molecule has 8 heteroatoms. The van der Waals surface area contributed by atoms with Gasteiger partial charge in [-0.05, 0) is 79.2 Å². The Kier molecular flexibility index (Phi) is 9.27. The number of piperidine rings is 1. The standard InChI is InChI=1S/C35H49FN4O3/c1-35(2,3)27-6-4-25(5-7-27)23-39-29-8-9-30(39)21-26(20-29)24-40(34(41)37-28-12-16-42-17-13-28)31-10-11-33(32(36)22-31)38-14-18-43-19-15-38/h4-7,10-11,22,26,28-30H,8-9,12-21,23-24H2,1-3H3,(H,37,41). The lowest BCUT2D eigenvalue weighted by molar-refractivity contribution is 0.0800. The highest BCUT2D eigenvalue weighted by Crippen LogP contribution is 2.40. The number of rotatable bonds is 7. The molecule has 0 saturated carbocycles. The van der Waals surface area contributed by atoms with Gasteiger partial charge >= 0.3 is 6.03 Å². The Balaban J connectivity index is 1.15. The van der Waals surface area contributed by atoms with E-state index in [1.165, 1.54) is 24.0 Å². The van der Waals surface area contributed by atoms with Crippen LogP contribution < -0.4 is 15.1 Å². The summed E-state index contributed by atoms with van der Waals surface area (Å²) in [5, 5.41) is 3.25. The highest BCUT2D eigenvalue weighted by atomic mass is 19.1. The number of hydrogen-bond acceptors (Lipinski definition) is 5. The normalized spacial score (nSPS) is 25.1. The minimum Gasteiger partial charge on any atom is -0.381 e. The predicted octanol–water partition coefficient (Wildman–Crippen LogP) is 6.10. The van der Waals surface area contributed by atoms with Gasteiger partial charge in [-0.3, -0.25) is 9.80 Å². The Morgan fingerprint density at radius 2 is 1.58 bits per heavy atom. The quantitative estimate of drug-likeness (QED) is 0.421. The number of carbonyl (C=O) groups is 1. The van der Waals surface area contributed by atoms with Crippen molar-refractivity contribution in [1.29, 1.82) is 0 Å². The Bertz CT molecular complexity index is 1220. The predicted molar refractivity (Wildman–Crippen MR) is 169 cm³/mol. The number of halogens is 1. The minimum atomic E-state index is -0.282. The maximum atomic E-state index is 15.5. The summed E-state index contributed by atoms with van der Waals surface area (Å²) in [7, 11) is 0. The van der Waals surface area contributed by atoms with E-state index in [1.54, 1.807) is 6.07 Å². The summed E-state index contributed by atoms with van der Waals surface area (Å²) in [6.45, 7) is 12.2. The molecule has 4 aliphatic rings. The van der Waals surface area contributed by atoms with Crippen molar-refractivity contribution >= 4 is 17.4 Å². The summed E-state index contributed by atoms with van der Waals surface area (Å²) in [6, 6.07) is 15.5. The first kappa shape index (κ1) is 30.4. The second-order valence-electron chi connectivity index (χ2n) is 14.0. The van der Waals surface area contributed by atoms with Gasteiger partial charge in [0.25, 0.3) is 0 Å². The second-order valence-corrected chi connectivity index (χ2v) is 14.0. The average Bonchev–Trinajstić information content (AvgIpc) is 3.22. The molecule has 0 aliphatic carbocycles. The van der Waals surface area contributed by atoms with Crippen molar-refractivity contribution in [2.75, 3.05) is 55.9 Å². The molecule has 4 fully saturated rings. The van der Waals surface area contributed by atoms with Gasteiger partial charge in [0.1, 0.15) is 5.82 Å². The summed E-state index contributed by atoms with van der Waals surface area (Å²) in [5.74, 6) is 0.0927. The van der Waals surface area contributed by atoms with Crippen molar-refractivity contribution in [3.8, 4) is 0 Å². The van der Waals surface area contributed by atoms with E-state index >= 15 is 4.39 Å². The van der Waals surface area contributed by atoms with Crippen molar-refractivity contribution in [2.24, 2.45) is 5.92 Å². The Morgan fingerprint density at radius 3 is 2.21 bits per heavy atom. The number of nitrogens with one attached hydrogen (secondary N) is 1. The van der Waals surface area contributed by atoms with Crippen molar-refractivity contribution in [3.63, 3.8) is 0 Å². The first-order valence-corrected chi connectivity index (χ1v) is 16.4. The summed E-state index contributed by atoms with van der Waals surface area (Å²) in [5.41, 5.74) is 4.11. The van der Waals surface area contributed by atoms with Crippen LogP contribution in [0.3, 0.4) is 0 Å². The molecule has 4 saturated heterocycles.